The molecule has 1 aliphatic heterocycles. The SMILES string of the molecule is COc1cc2c(cc1OC)C(Cc1cccc3ccccc13)N(CCCOc1ccccc1[N+](=O)[O-])CC2.Cl. The number of ether oxygens (including phenoxy) is 3. The molecule has 0 aromatic heterocycles. The molecule has 0 fully saturated rings. The number of benzene rings is 4. The quantitative estimate of drug-likeness (QED) is 0.123. The van der Waals surface area contributed by atoms with Gasteiger partial charge in [-0.3, -0.25) is 15.0 Å². The van der Waals surface area contributed by atoms with Gasteiger partial charge in [-0.25, -0.2) is 0 Å². The zero-order valence-corrected chi connectivity index (χ0v) is 23.0. The van der Waals surface area contributed by atoms with Gasteiger partial charge >= 0.3 is 5.69 Å². The minimum Gasteiger partial charge on any atom is -0.493 e. The largest absolute Gasteiger partial charge is 0.493 e. The van der Waals surface area contributed by atoms with E-state index in [2.05, 4.69) is 59.5 Å². The van der Waals surface area contributed by atoms with Crippen molar-refractivity contribution in [1.82, 2.24) is 4.90 Å². The maximum atomic E-state index is 11.3. The van der Waals surface area contributed by atoms with Crippen LogP contribution in [-0.4, -0.2) is 43.7 Å². The molecule has 0 radical (unpaired) electrons. The number of fused-ring (bicyclic) bond motifs is 2. The van der Waals surface area contributed by atoms with E-state index in [9.17, 15) is 10.1 Å². The van der Waals surface area contributed by atoms with Crippen LogP contribution in [0.3, 0.4) is 0 Å². The van der Waals surface area contributed by atoms with E-state index in [1.165, 1.54) is 33.5 Å². The fraction of sp³-hybridized carbons (Fsp3) is 0.290. The first-order valence-electron chi connectivity index (χ1n) is 12.9. The fourth-order valence-corrected chi connectivity index (χ4v) is 5.45. The standard InChI is InChI=1S/C31H32N2O5.ClH/c1-36-30-20-24-15-17-32(16-8-18-38-29-14-6-5-13-27(29)33(34)35)28(26(24)21-31(30)37-2)19-23-11-7-10-22-9-3-4-12-25(22)23;/h3-7,9-14,20-21,28H,8,15-19H2,1-2H3;1H. The van der Waals surface area contributed by atoms with Gasteiger partial charge in [0.05, 0.1) is 25.7 Å². The summed E-state index contributed by atoms with van der Waals surface area (Å²) in [7, 11) is 3.34. The Morgan fingerprint density at radius 2 is 1.64 bits per heavy atom. The number of halogens is 1. The lowest BCUT2D eigenvalue weighted by molar-refractivity contribution is -0.385. The number of nitro benzene ring substituents is 1. The smallest absolute Gasteiger partial charge is 0.310 e. The molecule has 0 spiro atoms. The van der Waals surface area contributed by atoms with Crippen LogP contribution in [0.1, 0.15) is 29.2 Å². The topological polar surface area (TPSA) is 74.1 Å². The molecule has 7 nitrogen and oxygen atoms in total. The Morgan fingerprint density at radius 1 is 0.923 bits per heavy atom. The normalized spacial score (nSPS) is 14.8. The summed E-state index contributed by atoms with van der Waals surface area (Å²) >= 11 is 0. The maximum Gasteiger partial charge on any atom is 0.310 e. The van der Waals surface area contributed by atoms with Crippen molar-refractivity contribution in [3.05, 3.63) is 106 Å². The van der Waals surface area contributed by atoms with Crippen molar-refractivity contribution in [3.63, 3.8) is 0 Å². The molecule has 0 N–H and O–H groups in total. The highest BCUT2D eigenvalue weighted by molar-refractivity contribution is 5.86. The van der Waals surface area contributed by atoms with E-state index in [1.807, 2.05) is 0 Å². The lowest BCUT2D eigenvalue weighted by Crippen LogP contribution is -2.38. The molecule has 0 bridgehead atoms. The molecule has 0 aliphatic carbocycles. The highest BCUT2D eigenvalue weighted by atomic mass is 35.5. The molecular weight excluding hydrogens is 516 g/mol. The molecule has 39 heavy (non-hydrogen) atoms. The maximum absolute atomic E-state index is 11.3. The third kappa shape index (κ3) is 6.10. The third-order valence-electron chi connectivity index (χ3n) is 7.32. The Bertz CT molecular complexity index is 1440. The summed E-state index contributed by atoms with van der Waals surface area (Å²) in [5.74, 6) is 1.79. The van der Waals surface area contributed by atoms with Gasteiger partial charge in [0.25, 0.3) is 0 Å². The Labute approximate surface area is 234 Å². The zero-order chi connectivity index (χ0) is 26.5. The van der Waals surface area contributed by atoms with E-state index < -0.39 is 4.92 Å². The van der Waals surface area contributed by atoms with Crippen molar-refractivity contribution < 1.29 is 19.1 Å². The van der Waals surface area contributed by atoms with Crippen molar-refractivity contribution in [2.24, 2.45) is 0 Å². The average Bonchev–Trinajstić information content (AvgIpc) is 2.95. The first-order valence-corrected chi connectivity index (χ1v) is 12.9. The van der Waals surface area contributed by atoms with Crippen LogP contribution in [0.4, 0.5) is 5.69 Å². The van der Waals surface area contributed by atoms with Crippen LogP contribution >= 0.6 is 12.4 Å². The van der Waals surface area contributed by atoms with Crippen molar-refractivity contribution in [1.29, 1.82) is 0 Å². The van der Waals surface area contributed by atoms with Gasteiger partial charge in [-0.1, -0.05) is 54.6 Å². The van der Waals surface area contributed by atoms with Gasteiger partial charge in [0.15, 0.2) is 17.2 Å². The second-order valence-electron chi connectivity index (χ2n) is 9.48. The summed E-state index contributed by atoms with van der Waals surface area (Å²) in [6.45, 7) is 2.12. The first kappa shape index (κ1) is 28.2. The Morgan fingerprint density at radius 3 is 2.44 bits per heavy atom. The third-order valence-corrected chi connectivity index (χ3v) is 7.32. The Balaban J connectivity index is 0.00000353. The van der Waals surface area contributed by atoms with Gasteiger partial charge in [0.1, 0.15) is 0 Å². The lowest BCUT2D eigenvalue weighted by Gasteiger charge is -2.38. The summed E-state index contributed by atoms with van der Waals surface area (Å²) in [5.41, 5.74) is 3.83. The van der Waals surface area contributed by atoms with E-state index >= 15 is 0 Å². The molecular formula is C31H33ClN2O5. The van der Waals surface area contributed by atoms with Crippen LogP contribution in [0.2, 0.25) is 0 Å². The monoisotopic (exact) mass is 548 g/mol. The predicted molar refractivity (Wildman–Crippen MR) is 156 cm³/mol. The number of methoxy groups -OCH3 is 2. The summed E-state index contributed by atoms with van der Waals surface area (Å²) < 4.78 is 17.1. The number of hydrogen-bond acceptors (Lipinski definition) is 6. The van der Waals surface area contributed by atoms with E-state index in [4.69, 9.17) is 14.2 Å². The summed E-state index contributed by atoms with van der Waals surface area (Å²) in [6, 6.07) is 25.9. The Hall–Kier alpha value is -3.81. The molecule has 5 rings (SSSR count). The molecule has 1 heterocycles. The molecule has 4 aromatic rings. The van der Waals surface area contributed by atoms with Gasteiger partial charge in [0.2, 0.25) is 0 Å². The second kappa shape index (κ2) is 12.8. The predicted octanol–water partition coefficient (Wildman–Crippen LogP) is 6.80. The molecule has 1 aliphatic rings. The highest BCUT2D eigenvalue weighted by Gasteiger charge is 2.29. The average molecular weight is 549 g/mol. The first-order chi connectivity index (χ1) is 18.6. The van der Waals surface area contributed by atoms with E-state index in [-0.39, 0.29) is 24.1 Å². The lowest BCUT2D eigenvalue weighted by atomic mass is 9.87. The van der Waals surface area contributed by atoms with E-state index in [1.54, 1.807) is 32.4 Å². The number of rotatable bonds is 10. The number of nitrogens with zero attached hydrogens (tertiary/aromatic N) is 2. The van der Waals surface area contributed by atoms with Gasteiger partial charge < -0.3 is 14.2 Å². The summed E-state index contributed by atoms with van der Waals surface area (Å²) in [5, 5.41) is 13.8. The molecule has 4 aromatic carbocycles. The van der Waals surface area contributed by atoms with E-state index in [0.29, 0.717) is 12.4 Å². The van der Waals surface area contributed by atoms with Crippen molar-refractivity contribution in [2.75, 3.05) is 33.9 Å². The molecule has 1 atom stereocenters. The van der Waals surface area contributed by atoms with Gasteiger partial charge in [-0.2, -0.15) is 0 Å². The molecule has 1 unspecified atom stereocenters. The number of hydrogen-bond donors (Lipinski definition) is 0. The van der Waals surface area contributed by atoms with Gasteiger partial charge in [-0.05, 0) is 64.9 Å². The molecule has 0 saturated carbocycles. The van der Waals surface area contributed by atoms with Crippen molar-refractivity contribution in [3.8, 4) is 17.2 Å². The molecule has 8 heteroatoms. The summed E-state index contributed by atoms with van der Waals surface area (Å²) in [6.07, 6.45) is 2.52. The van der Waals surface area contributed by atoms with Crippen LogP contribution in [0.15, 0.2) is 78.9 Å². The van der Waals surface area contributed by atoms with Crippen molar-refractivity contribution in [2.45, 2.75) is 25.3 Å². The van der Waals surface area contributed by atoms with Crippen LogP contribution in [0.5, 0.6) is 17.2 Å². The van der Waals surface area contributed by atoms with Crippen molar-refractivity contribution >= 4 is 28.9 Å². The highest BCUT2D eigenvalue weighted by Crippen LogP contribution is 2.40. The van der Waals surface area contributed by atoms with Gasteiger partial charge in [-0.15, -0.1) is 12.4 Å². The van der Waals surface area contributed by atoms with E-state index in [0.717, 1.165) is 43.9 Å². The molecule has 0 saturated heterocycles. The zero-order valence-electron chi connectivity index (χ0n) is 22.2. The second-order valence-corrected chi connectivity index (χ2v) is 9.48. The molecule has 0 amide bonds. The van der Waals surface area contributed by atoms with Crippen LogP contribution in [0.25, 0.3) is 10.8 Å². The minimum absolute atomic E-state index is 0. The number of para-hydroxylation sites is 2. The number of nitro groups is 1. The van der Waals surface area contributed by atoms with Crippen LogP contribution in [-0.2, 0) is 12.8 Å². The van der Waals surface area contributed by atoms with Gasteiger partial charge in [0, 0.05) is 25.2 Å². The van der Waals surface area contributed by atoms with Crippen LogP contribution in [0, 0.1) is 10.1 Å². The van der Waals surface area contributed by atoms with Crippen LogP contribution < -0.4 is 14.2 Å². The molecule has 204 valence electrons. The minimum atomic E-state index is -0.404. The summed E-state index contributed by atoms with van der Waals surface area (Å²) in [4.78, 5) is 13.4. The Kier molecular flexibility index (Phi) is 9.28. The fourth-order valence-electron chi connectivity index (χ4n) is 5.45.